The molecule has 12 heteroatoms. The highest BCUT2D eigenvalue weighted by Crippen LogP contribution is 2.55. The van der Waals surface area contributed by atoms with Gasteiger partial charge in [0.25, 0.3) is 0 Å². The van der Waals surface area contributed by atoms with Crippen LogP contribution in [0.2, 0.25) is 0 Å². The minimum atomic E-state index is -2.02. The zero-order valence-corrected chi connectivity index (χ0v) is 19.6. The summed E-state index contributed by atoms with van der Waals surface area (Å²) in [5.74, 6) is -0.495. The molecule has 0 bridgehead atoms. The van der Waals surface area contributed by atoms with Crippen LogP contribution in [0.3, 0.4) is 0 Å². The van der Waals surface area contributed by atoms with Gasteiger partial charge < -0.3 is 19.7 Å². The molecule has 3 heterocycles. The Labute approximate surface area is 198 Å². The number of carbonyl (C=O) groups is 1. The van der Waals surface area contributed by atoms with Crippen LogP contribution in [0.15, 0.2) is 48.1 Å². The third-order valence-electron chi connectivity index (χ3n) is 5.81. The number of alkyl halides is 1. The average molecular weight is 497 g/mol. The minimum absolute atomic E-state index is 0.419. The lowest BCUT2D eigenvalue weighted by Gasteiger charge is -2.59. The van der Waals surface area contributed by atoms with E-state index < -0.39 is 40.1 Å². The first-order chi connectivity index (χ1) is 15.3. The van der Waals surface area contributed by atoms with Gasteiger partial charge in [0.1, 0.15) is 22.2 Å². The van der Waals surface area contributed by atoms with E-state index in [1.165, 1.54) is 30.1 Å². The van der Waals surface area contributed by atoms with Crippen molar-refractivity contribution in [2.24, 2.45) is 0 Å². The lowest BCUT2D eigenvalue weighted by atomic mass is 9.65. The number of rotatable bonds is 6. The molecule has 0 saturated carbocycles. The first kappa shape index (κ1) is 23.3. The zero-order chi connectivity index (χ0) is 23.1. The molecular weight excluding hydrogens is 476 g/mol. The number of methoxy groups -OCH3 is 1. The third-order valence-corrected chi connectivity index (χ3v) is 7.49. The fraction of sp³-hybridized carbons (Fsp3) is 0.400. The first-order valence-electron chi connectivity index (χ1n) is 9.56. The van der Waals surface area contributed by atoms with Crippen LogP contribution < -0.4 is 0 Å². The summed E-state index contributed by atoms with van der Waals surface area (Å²) in [5.41, 5.74) is -4.15. The van der Waals surface area contributed by atoms with Crippen molar-refractivity contribution in [1.29, 1.82) is 0 Å². The van der Waals surface area contributed by atoms with E-state index >= 15 is 0 Å². The fourth-order valence-electron chi connectivity index (χ4n) is 4.38. The minimum Gasteiger partial charge on any atom is -0.392 e. The molecule has 1 saturated heterocycles. The topological polar surface area (TPSA) is 120 Å². The average Bonchev–Trinajstić information content (AvgIpc) is 3.48. The molecule has 1 aliphatic rings. The summed E-state index contributed by atoms with van der Waals surface area (Å²) in [6.07, 6.45) is 1.46. The smallest absolute Gasteiger partial charge is 0.194 e. The van der Waals surface area contributed by atoms with Crippen LogP contribution in [0.4, 0.5) is 0 Å². The van der Waals surface area contributed by atoms with Crippen LogP contribution in [0.1, 0.15) is 12.5 Å². The number of carbonyl (C=O) groups excluding carboxylic acids is 1. The summed E-state index contributed by atoms with van der Waals surface area (Å²) in [6.45, 7) is 0.534. The molecule has 5 atom stereocenters. The van der Waals surface area contributed by atoms with Gasteiger partial charge in [0.2, 0.25) is 0 Å². The number of thiol groups is 1. The molecule has 1 unspecified atom stereocenters. The Morgan fingerprint density at radius 3 is 2.69 bits per heavy atom. The number of aliphatic hydroxyl groups excluding tert-OH is 2. The summed E-state index contributed by atoms with van der Waals surface area (Å²) in [4.78, 5) is 17.5. The van der Waals surface area contributed by atoms with E-state index in [2.05, 4.69) is 27.9 Å². The Morgan fingerprint density at radius 1 is 1.41 bits per heavy atom. The van der Waals surface area contributed by atoms with E-state index in [0.717, 1.165) is 0 Å². The number of ether oxygens (including phenoxy) is 2. The van der Waals surface area contributed by atoms with Crippen molar-refractivity contribution in [2.75, 3.05) is 13.7 Å². The lowest BCUT2D eigenvalue weighted by molar-refractivity contribution is -0.266. The van der Waals surface area contributed by atoms with E-state index in [4.69, 9.17) is 21.1 Å². The van der Waals surface area contributed by atoms with Gasteiger partial charge in [-0.3, -0.25) is 4.79 Å². The molecule has 170 valence electrons. The van der Waals surface area contributed by atoms with Crippen molar-refractivity contribution in [3.8, 4) is 10.7 Å². The third kappa shape index (κ3) is 3.07. The monoisotopic (exact) mass is 496 g/mol. The van der Waals surface area contributed by atoms with Gasteiger partial charge in [-0.2, -0.15) is 0 Å². The Balaban J connectivity index is 2.11. The number of aliphatic hydroxyl groups is 2. The molecule has 1 aliphatic heterocycles. The Hall–Kier alpha value is -1.86. The molecule has 3 aromatic rings. The highest BCUT2D eigenvalue weighted by molar-refractivity contribution is 7.80. The van der Waals surface area contributed by atoms with Crippen LogP contribution in [0.25, 0.3) is 10.7 Å². The molecule has 32 heavy (non-hydrogen) atoms. The van der Waals surface area contributed by atoms with Crippen LogP contribution in [0, 0.1) is 0 Å². The summed E-state index contributed by atoms with van der Waals surface area (Å²) < 4.78 is 12.9. The second-order valence-corrected chi connectivity index (χ2v) is 9.33. The Morgan fingerprint density at radius 2 is 2.12 bits per heavy atom. The van der Waals surface area contributed by atoms with Crippen molar-refractivity contribution in [3.05, 3.63) is 53.7 Å². The van der Waals surface area contributed by atoms with E-state index in [1.807, 2.05) is 0 Å². The predicted molar refractivity (Wildman–Crippen MR) is 121 cm³/mol. The van der Waals surface area contributed by atoms with E-state index in [1.54, 1.807) is 48.1 Å². The van der Waals surface area contributed by atoms with Gasteiger partial charge in [0.15, 0.2) is 22.0 Å². The number of benzene rings is 1. The highest BCUT2D eigenvalue weighted by atomic mass is 35.5. The van der Waals surface area contributed by atoms with Gasteiger partial charge in [-0.25, -0.2) is 9.67 Å². The summed E-state index contributed by atoms with van der Waals surface area (Å²) in [6, 6.07) is 8.66. The van der Waals surface area contributed by atoms with Crippen LogP contribution in [0.5, 0.6) is 0 Å². The maximum atomic E-state index is 13.3. The maximum Gasteiger partial charge on any atom is 0.194 e. The fourth-order valence-corrected chi connectivity index (χ4v) is 5.95. The van der Waals surface area contributed by atoms with Gasteiger partial charge in [0, 0.05) is 18.7 Å². The number of Topliss-reactive ketones (excluding diaryl/α,β-unsaturated/α-hetero) is 1. The molecule has 0 aliphatic carbocycles. The number of aromatic nitrogens is 4. The van der Waals surface area contributed by atoms with Gasteiger partial charge in [-0.1, -0.05) is 47.1 Å². The molecule has 1 aromatic carbocycles. The number of hydrogen-bond acceptors (Lipinski definition) is 10. The Bertz CT molecular complexity index is 1100. The highest BCUT2D eigenvalue weighted by Gasteiger charge is 2.74. The molecule has 0 radical (unpaired) electrons. The van der Waals surface area contributed by atoms with E-state index in [9.17, 15) is 15.0 Å². The van der Waals surface area contributed by atoms with Crippen LogP contribution in [-0.4, -0.2) is 71.9 Å². The number of thiazole rings is 1. The van der Waals surface area contributed by atoms with Crippen LogP contribution >= 0.6 is 35.6 Å². The number of halogens is 1. The van der Waals surface area contributed by atoms with Crippen molar-refractivity contribution in [1.82, 2.24) is 20.0 Å². The molecule has 4 rings (SSSR count). The van der Waals surface area contributed by atoms with Crippen molar-refractivity contribution in [2.45, 2.75) is 34.7 Å². The summed E-state index contributed by atoms with van der Waals surface area (Å²) in [7, 11) is 1.32. The quantitative estimate of drug-likeness (QED) is 0.348. The molecule has 1 fully saturated rings. The number of hydrogen-bond donors (Lipinski definition) is 3. The first-order valence-corrected chi connectivity index (χ1v) is 11.3. The number of nitrogens with zero attached hydrogens (tertiary/aromatic N) is 4. The zero-order valence-electron chi connectivity index (χ0n) is 17.1. The maximum absolute atomic E-state index is 13.3. The van der Waals surface area contributed by atoms with Gasteiger partial charge in [-0.15, -0.1) is 29.1 Å². The second-order valence-electron chi connectivity index (χ2n) is 7.33. The number of ketones is 1. The molecular formula is C20H21ClN4O5S2. The second kappa shape index (κ2) is 8.49. The van der Waals surface area contributed by atoms with Gasteiger partial charge >= 0.3 is 0 Å². The van der Waals surface area contributed by atoms with Crippen molar-refractivity contribution >= 4 is 41.3 Å². The molecule has 0 spiro atoms. The predicted octanol–water partition coefficient (Wildman–Crippen LogP) is 1.69. The van der Waals surface area contributed by atoms with E-state index in [0.29, 0.717) is 16.3 Å². The Kier molecular flexibility index (Phi) is 6.18. The van der Waals surface area contributed by atoms with Gasteiger partial charge in [-0.05, 0) is 12.5 Å². The largest absolute Gasteiger partial charge is 0.392 e. The summed E-state index contributed by atoms with van der Waals surface area (Å²) in [5, 5.41) is 30.6. The molecule has 2 aromatic heterocycles. The molecule has 2 N–H and O–H groups in total. The normalized spacial score (nSPS) is 32.7. The summed E-state index contributed by atoms with van der Waals surface area (Å²) >= 11 is 12.4. The lowest BCUT2D eigenvalue weighted by Crippen LogP contribution is -2.79. The van der Waals surface area contributed by atoms with Crippen molar-refractivity contribution in [3.63, 3.8) is 0 Å². The van der Waals surface area contributed by atoms with Gasteiger partial charge in [0.05, 0.1) is 12.8 Å². The SMILES string of the molecule is CO[C@@]1(C(C)=O)[C@@H](S)O[C@](Cl)(CO)[C@H](O)C1(c1ccccc1)n1cc(-c2nccs2)nn1. The molecule has 9 nitrogen and oxygen atoms in total. The van der Waals surface area contributed by atoms with Crippen molar-refractivity contribution < 1.29 is 24.5 Å². The van der Waals surface area contributed by atoms with Crippen LogP contribution in [-0.2, 0) is 19.8 Å². The standard InChI is InChI=1S/C20H21ClN4O5S2/c1-12(27)20(29-2)17(31)30-18(21,11-26)16(28)19(20,13-6-4-3-5-7-13)25-10-14(23-24-25)15-22-8-9-32-15/h3-10,16-17,26,28,31H,11H2,1-2H3/t16-,17+,18+,19?,20-/m0/s1. The molecule has 0 amide bonds. The van der Waals surface area contributed by atoms with E-state index in [-0.39, 0.29) is 0 Å².